The van der Waals surface area contributed by atoms with Gasteiger partial charge in [0.05, 0.1) is 22.7 Å². The summed E-state index contributed by atoms with van der Waals surface area (Å²) in [5.41, 5.74) is 4.80. The van der Waals surface area contributed by atoms with E-state index < -0.39 is 0 Å². The normalized spacial score (nSPS) is 11.2. The lowest BCUT2D eigenvalue weighted by Crippen LogP contribution is -1.86. The van der Waals surface area contributed by atoms with Gasteiger partial charge in [-0.05, 0) is 83.9 Å². The van der Waals surface area contributed by atoms with Gasteiger partial charge in [-0.3, -0.25) is 9.59 Å². The van der Waals surface area contributed by atoms with E-state index in [-0.39, 0.29) is 0 Å². The number of carbonyl (C=O) groups excluding carboxylic acids is 2. The molecule has 0 bridgehead atoms. The summed E-state index contributed by atoms with van der Waals surface area (Å²) >= 11 is 0. The second-order valence-corrected chi connectivity index (χ2v) is 7.33. The molecule has 0 aliphatic carbocycles. The van der Waals surface area contributed by atoms with Crippen molar-refractivity contribution in [1.29, 1.82) is 0 Å². The van der Waals surface area contributed by atoms with Crippen LogP contribution in [0.3, 0.4) is 0 Å². The van der Waals surface area contributed by atoms with Crippen molar-refractivity contribution in [3.05, 3.63) is 108 Å². The number of ether oxygens (including phenoxy) is 2. The molecule has 176 valence electrons. The highest BCUT2D eigenvalue weighted by Gasteiger charge is 1.97. The summed E-state index contributed by atoms with van der Waals surface area (Å²) in [5.74, 6) is 0.905. The summed E-state index contributed by atoms with van der Waals surface area (Å²) in [7, 11) is 0. The first kappa shape index (κ1) is 23.9. The van der Waals surface area contributed by atoms with Gasteiger partial charge in [0.15, 0.2) is 0 Å². The van der Waals surface area contributed by atoms with Gasteiger partial charge in [0.25, 0.3) is 12.9 Å². The highest BCUT2D eigenvalue weighted by molar-refractivity contribution is 5.70. The molecule has 0 N–H and O–H groups in total. The molecule has 8 heteroatoms. The Kier molecular flexibility index (Phi) is 8.16. The zero-order valence-corrected chi connectivity index (χ0v) is 19.0. The summed E-state index contributed by atoms with van der Waals surface area (Å²) < 4.78 is 9.51. The van der Waals surface area contributed by atoms with Gasteiger partial charge in [-0.1, -0.05) is 36.4 Å². The third-order valence-electron chi connectivity index (χ3n) is 4.86. The first-order valence-electron chi connectivity index (χ1n) is 10.8. The van der Waals surface area contributed by atoms with Crippen LogP contribution in [0.25, 0.3) is 12.2 Å². The lowest BCUT2D eigenvalue weighted by atomic mass is 10.1. The second kappa shape index (κ2) is 12.3. The Morgan fingerprint density at radius 3 is 0.972 bits per heavy atom. The predicted octanol–water partition coefficient (Wildman–Crippen LogP) is 7.76. The molecular formula is C28H20N4O4. The van der Waals surface area contributed by atoms with Crippen LogP contribution in [-0.2, 0) is 9.59 Å². The quantitative estimate of drug-likeness (QED) is 0.133. The molecule has 0 saturated carbocycles. The van der Waals surface area contributed by atoms with E-state index >= 15 is 0 Å². The monoisotopic (exact) mass is 476 g/mol. The number of hydrogen-bond acceptors (Lipinski definition) is 8. The van der Waals surface area contributed by atoms with Gasteiger partial charge in [-0.2, -0.15) is 20.5 Å². The van der Waals surface area contributed by atoms with Crippen LogP contribution in [0, 0.1) is 0 Å². The van der Waals surface area contributed by atoms with Crippen LogP contribution < -0.4 is 9.47 Å². The molecule has 8 nitrogen and oxygen atoms in total. The summed E-state index contributed by atoms with van der Waals surface area (Å²) in [5, 5.41) is 16.8. The summed E-state index contributed by atoms with van der Waals surface area (Å²) in [6.07, 6.45) is 4.01. The van der Waals surface area contributed by atoms with Crippen molar-refractivity contribution >= 4 is 47.8 Å². The van der Waals surface area contributed by atoms with Crippen LogP contribution in [0.1, 0.15) is 11.1 Å². The molecule has 0 heterocycles. The minimum Gasteiger partial charge on any atom is -0.429 e. The zero-order valence-electron chi connectivity index (χ0n) is 19.0. The van der Waals surface area contributed by atoms with Crippen LogP contribution >= 0.6 is 0 Å². The fourth-order valence-corrected chi connectivity index (χ4v) is 3.02. The highest BCUT2D eigenvalue weighted by Crippen LogP contribution is 2.23. The summed E-state index contributed by atoms with van der Waals surface area (Å²) in [4.78, 5) is 20.7. The van der Waals surface area contributed by atoms with Crippen LogP contribution in [-0.4, -0.2) is 12.9 Å². The molecule has 4 aromatic rings. The molecule has 0 aliphatic heterocycles. The molecule has 0 spiro atoms. The van der Waals surface area contributed by atoms with Crippen molar-refractivity contribution in [2.75, 3.05) is 0 Å². The molecular weight excluding hydrogens is 456 g/mol. The molecule has 4 aromatic carbocycles. The maximum Gasteiger partial charge on any atom is 0.298 e. The Balaban J connectivity index is 1.32. The number of carbonyl (C=O) groups is 2. The molecule has 0 amide bonds. The lowest BCUT2D eigenvalue weighted by Gasteiger charge is -1.99. The Labute approximate surface area is 207 Å². The maximum absolute atomic E-state index is 10.3. The number of hydrogen-bond donors (Lipinski definition) is 0. The standard InChI is InChI=1S/C28H20N4O4/c33-19-35-27-15-11-25(12-16-27)31-29-23-7-3-21(4-8-23)1-2-22-5-9-24(10-6-22)30-32-26-13-17-28(18-14-26)36-20-34/h1-20H/b2-1+,31-29?,32-30?. The van der Waals surface area contributed by atoms with E-state index in [1.54, 1.807) is 48.5 Å². The lowest BCUT2D eigenvalue weighted by molar-refractivity contribution is -0.121. The van der Waals surface area contributed by atoms with Crippen molar-refractivity contribution in [1.82, 2.24) is 0 Å². The Morgan fingerprint density at radius 1 is 0.417 bits per heavy atom. The molecule has 0 saturated heterocycles. The van der Waals surface area contributed by atoms with Crippen LogP contribution in [0.15, 0.2) is 118 Å². The smallest absolute Gasteiger partial charge is 0.298 e. The number of rotatable bonds is 10. The molecule has 0 aromatic heterocycles. The fourth-order valence-electron chi connectivity index (χ4n) is 3.02. The zero-order chi connectivity index (χ0) is 25.0. The van der Waals surface area contributed by atoms with Gasteiger partial charge in [-0.25, -0.2) is 0 Å². The minimum absolute atomic E-state index is 0.381. The minimum atomic E-state index is 0.381. The van der Waals surface area contributed by atoms with E-state index in [1.807, 2.05) is 60.7 Å². The second-order valence-electron chi connectivity index (χ2n) is 7.33. The SMILES string of the molecule is O=COc1ccc(N=Nc2ccc(/C=C/c3ccc(N=Nc4ccc(OC=O)cc4)cc3)cc2)cc1. The van der Waals surface area contributed by atoms with Crippen molar-refractivity contribution in [3.63, 3.8) is 0 Å². The summed E-state index contributed by atoms with van der Waals surface area (Å²) in [6, 6.07) is 28.8. The number of azo groups is 2. The van der Waals surface area contributed by atoms with Crippen molar-refractivity contribution in [2.24, 2.45) is 20.5 Å². The van der Waals surface area contributed by atoms with Crippen LogP contribution in [0.2, 0.25) is 0 Å². The predicted molar refractivity (Wildman–Crippen MR) is 136 cm³/mol. The van der Waals surface area contributed by atoms with Crippen molar-refractivity contribution in [2.45, 2.75) is 0 Å². The third-order valence-corrected chi connectivity index (χ3v) is 4.86. The Bertz CT molecular complexity index is 1270. The van der Waals surface area contributed by atoms with E-state index in [0.717, 1.165) is 22.5 Å². The average molecular weight is 476 g/mol. The Morgan fingerprint density at radius 2 is 0.694 bits per heavy atom. The van der Waals surface area contributed by atoms with E-state index in [4.69, 9.17) is 9.47 Å². The molecule has 0 atom stereocenters. The molecule has 0 aliphatic rings. The molecule has 36 heavy (non-hydrogen) atoms. The van der Waals surface area contributed by atoms with E-state index in [0.29, 0.717) is 35.8 Å². The van der Waals surface area contributed by atoms with Gasteiger partial charge < -0.3 is 9.47 Å². The average Bonchev–Trinajstić information content (AvgIpc) is 2.93. The number of benzene rings is 4. The van der Waals surface area contributed by atoms with E-state index in [9.17, 15) is 9.59 Å². The fraction of sp³-hybridized carbons (Fsp3) is 0. The maximum atomic E-state index is 10.3. The van der Waals surface area contributed by atoms with Crippen LogP contribution in [0.4, 0.5) is 22.7 Å². The van der Waals surface area contributed by atoms with Gasteiger partial charge in [0, 0.05) is 0 Å². The molecule has 0 fully saturated rings. The molecule has 0 radical (unpaired) electrons. The largest absolute Gasteiger partial charge is 0.429 e. The van der Waals surface area contributed by atoms with Gasteiger partial charge >= 0.3 is 0 Å². The highest BCUT2D eigenvalue weighted by atomic mass is 16.5. The summed E-state index contributed by atoms with van der Waals surface area (Å²) in [6.45, 7) is 0.762. The molecule has 4 rings (SSSR count). The first-order valence-corrected chi connectivity index (χ1v) is 10.8. The first-order chi connectivity index (χ1) is 17.7. The number of nitrogens with zero attached hydrogens (tertiary/aromatic N) is 4. The van der Waals surface area contributed by atoms with Crippen molar-refractivity contribution in [3.8, 4) is 11.5 Å². The van der Waals surface area contributed by atoms with Crippen LogP contribution in [0.5, 0.6) is 11.5 Å². The van der Waals surface area contributed by atoms with E-state index in [1.165, 1.54) is 0 Å². The third kappa shape index (κ3) is 7.13. The molecule has 0 unspecified atom stereocenters. The van der Waals surface area contributed by atoms with E-state index in [2.05, 4.69) is 20.5 Å². The topological polar surface area (TPSA) is 102 Å². The van der Waals surface area contributed by atoms with Crippen molar-refractivity contribution < 1.29 is 19.1 Å². The van der Waals surface area contributed by atoms with Gasteiger partial charge in [0.1, 0.15) is 11.5 Å². The Hall–Kier alpha value is -5.24. The van der Waals surface area contributed by atoms with Gasteiger partial charge in [-0.15, -0.1) is 0 Å². The van der Waals surface area contributed by atoms with Gasteiger partial charge in [0.2, 0.25) is 0 Å².